The molecule has 0 aromatic heterocycles. The number of nitrogens with zero attached hydrogens (tertiary/aromatic N) is 1. The minimum Gasteiger partial charge on any atom is -0.396 e. The summed E-state index contributed by atoms with van der Waals surface area (Å²) < 4.78 is 5.33. The van der Waals surface area contributed by atoms with Crippen LogP contribution in [0.3, 0.4) is 0 Å². The molecule has 2 rings (SSSR count). The van der Waals surface area contributed by atoms with Crippen molar-refractivity contribution in [3.05, 3.63) is 0 Å². The molecule has 4 nitrogen and oxygen atoms in total. The Hall–Kier alpha value is -0.160. The van der Waals surface area contributed by atoms with Crippen molar-refractivity contribution in [1.29, 1.82) is 0 Å². The van der Waals surface area contributed by atoms with Crippen molar-refractivity contribution in [3.63, 3.8) is 0 Å². The molecule has 0 amide bonds. The minimum atomic E-state index is -0.607. The van der Waals surface area contributed by atoms with Crippen molar-refractivity contribution in [1.82, 2.24) is 4.90 Å². The molecule has 1 saturated heterocycles. The lowest BCUT2D eigenvalue weighted by Gasteiger charge is -2.43. The van der Waals surface area contributed by atoms with E-state index in [2.05, 4.69) is 18.9 Å². The third kappa shape index (κ3) is 4.17. The van der Waals surface area contributed by atoms with Crippen LogP contribution in [0.2, 0.25) is 0 Å². The first kappa shape index (κ1) is 16.2. The number of aliphatic hydroxyl groups excluding tert-OH is 1. The molecule has 1 saturated carbocycles. The number of likely N-dealkylation sites (N-methyl/N-ethyl adjacent to an activating group) is 1. The van der Waals surface area contributed by atoms with Gasteiger partial charge in [-0.2, -0.15) is 0 Å². The molecule has 0 spiro atoms. The molecule has 1 heterocycles. The summed E-state index contributed by atoms with van der Waals surface area (Å²) in [5.74, 6) is 0.704. The second kappa shape index (κ2) is 6.73. The molecule has 20 heavy (non-hydrogen) atoms. The monoisotopic (exact) mass is 285 g/mol. The maximum absolute atomic E-state index is 10.6. The van der Waals surface area contributed by atoms with Crippen LogP contribution in [0.1, 0.15) is 45.4 Å². The Kier molecular flexibility index (Phi) is 5.46. The highest BCUT2D eigenvalue weighted by Gasteiger charge is 2.37. The SMILES string of the molecule is CC1CCCC(CO)(CN(C)CC2(O)CCOCC2)C1. The van der Waals surface area contributed by atoms with Crippen molar-refractivity contribution in [3.8, 4) is 0 Å². The third-order valence-electron chi connectivity index (χ3n) is 5.11. The quantitative estimate of drug-likeness (QED) is 0.806. The predicted molar refractivity (Wildman–Crippen MR) is 79.7 cm³/mol. The Bertz CT molecular complexity index is 304. The molecular formula is C16H31NO3. The van der Waals surface area contributed by atoms with Crippen LogP contribution in [-0.2, 0) is 4.74 Å². The molecule has 0 radical (unpaired) electrons. The molecule has 0 aromatic rings. The predicted octanol–water partition coefficient (Wildman–Crippen LogP) is 1.65. The van der Waals surface area contributed by atoms with Crippen LogP contribution in [0.4, 0.5) is 0 Å². The van der Waals surface area contributed by atoms with Crippen molar-refractivity contribution in [2.24, 2.45) is 11.3 Å². The number of ether oxygens (including phenoxy) is 1. The van der Waals surface area contributed by atoms with Crippen molar-refractivity contribution in [2.75, 3.05) is 40.0 Å². The molecule has 2 unspecified atom stereocenters. The summed E-state index contributed by atoms with van der Waals surface area (Å²) in [4.78, 5) is 2.22. The Morgan fingerprint density at radius 2 is 1.90 bits per heavy atom. The zero-order chi connectivity index (χ0) is 14.6. The van der Waals surface area contributed by atoms with E-state index in [0.29, 0.717) is 25.7 Å². The summed E-state index contributed by atoms with van der Waals surface area (Å²) in [6.45, 7) is 5.45. The number of rotatable bonds is 5. The van der Waals surface area contributed by atoms with Gasteiger partial charge in [0.25, 0.3) is 0 Å². The van der Waals surface area contributed by atoms with Gasteiger partial charge in [0.1, 0.15) is 0 Å². The summed E-state index contributed by atoms with van der Waals surface area (Å²) in [6.07, 6.45) is 6.16. The summed E-state index contributed by atoms with van der Waals surface area (Å²) >= 11 is 0. The van der Waals surface area contributed by atoms with Gasteiger partial charge >= 0.3 is 0 Å². The highest BCUT2D eigenvalue weighted by Crippen LogP contribution is 2.39. The lowest BCUT2D eigenvalue weighted by molar-refractivity contribution is -0.0843. The molecule has 1 aliphatic carbocycles. The van der Waals surface area contributed by atoms with E-state index >= 15 is 0 Å². The van der Waals surface area contributed by atoms with E-state index in [1.54, 1.807) is 0 Å². The molecule has 4 heteroatoms. The molecule has 2 N–H and O–H groups in total. The summed E-state index contributed by atoms with van der Waals surface area (Å²) in [6, 6.07) is 0. The molecule has 2 aliphatic rings. The first-order valence-electron chi connectivity index (χ1n) is 8.07. The molecular weight excluding hydrogens is 254 g/mol. The Labute approximate surface area is 123 Å². The smallest absolute Gasteiger partial charge is 0.0817 e. The van der Waals surface area contributed by atoms with Gasteiger partial charge in [-0.25, -0.2) is 0 Å². The largest absolute Gasteiger partial charge is 0.396 e. The highest BCUT2D eigenvalue weighted by molar-refractivity contribution is 4.90. The molecule has 0 aromatic carbocycles. The van der Waals surface area contributed by atoms with Gasteiger partial charge in [0.15, 0.2) is 0 Å². The standard InChI is InChI=1S/C16H31NO3/c1-14-4-3-5-15(10-14,13-18)11-17(2)12-16(19)6-8-20-9-7-16/h14,18-19H,3-13H2,1-2H3. The van der Waals surface area contributed by atoms with Crippen LogP contribution in [-0.4, -0.2) is 60.7 Å². The molecule has 2 fully saturated rings. The first-order valence-corrected chi connectivity index (χ1v) is 8.07. The summed E-state index contributed by atoms with van der Waals surface area (Å²) in [5.41, 5.74) is -0.572. The van der Waals surface area contributed by atoms with Crippen LogP contribution < -0.4 is 0 Å². The van der Waals surface area contributed by atoms with E-state index in [-0.39, 0.29) is 12.0 Å². The van der Waals surface area contributed by atoms with Gasteiger partial charge in [0.05, 0.1) is 5.60 Å². The zero-order valence-electron chi connectivity index (χ0n) is 13.1. The van der Waals surface area contributed by atoms with E-state index in [0.717, 1.165) is 32.2 Å². The maximum atomic E-state index is 10.6. The van der Waals surface area contributed by atoms with E-state index in [9.17, 15) is 10.2 Å². The maximum Gasteiger partial charge on any atom is 0.0817 e. The Morgan fingerprint density at radius 3 is 2.50 bits per heavy atom. The number of hydrogen-bond donors (Lipinski definition) is 2. The number of hydrogen-bond acceptors (Lipinski definition) is 4. The van der Waals surface area contributed by atoms with Crippen LogP contribution in [0, 0.1) is 11.3 Å². The third-order valence-corrected chi connectivity index (χ3v) is 5.11. The van der Waals surface area contributed by atoms with Crippen LogP contribution in [0.15, 0.2) is 0 Å². The van der Waals surface area contributed by atoms with Crippen molar-refractivity contribution >= 4 is 0 Å². The van der Waals surface area contributed by atoms with Gasteiger partial charge in [-0.1, -0.05) is 19.8 Å². The van der Waals surface area contributed by atoms with Crippen molar-refractivity contribution in [2.45, 2.75) is 51.0 Å². The van der Waals surface area contributed by atoms with Gasteiger partial charge in [0, 0.05) is 51.2 Å². The Morgan fingerprint density at radius 1 is 1.20 bits per heavy atom. The molecule has 0 bridgehead atoms. The topological polar surface area (TPSA) is 52.9 Å². The van der Waals surface area contributed by atoms with E-state index < -0.39 is 5.60 Å². The molecule has 118 valence electrons. The zero-order valence-corrected chi connectivity index (χ0v) is 13.1. The van der Waals surface area contributed by atoms with E-state index in [1.165, 1.54) is 12.8 Å². The van der Waals surface area contributed by atoms with E-state index in [4.69, 9.17) is 4.74 Å². The minimum absolute atomic E-state index is 0.0357. The van der Waals surface area contributed by atoms with E-state index in [1.807, 2.05) is 0 Å². The van der Waals surface area contributed by atoms with Gasteiger partial charge < -0.3 is 19.8 Å². The first-order chi connectivity index (χ1) is 9.47. The van der Waals surface area contributed by atoms with Crippen LogP contribution in [0.25, 0.3) is 0 Å². The molecule has 2 atom stereocenters. The Balaban J connectivity index is 1.90. The number of aliphatic hydroxyl groups is 2. The average Bonchev–Trinajstić information content (AvgIpc) is 2.38. The van der Waals surface area contributed by atoms with Gasteiger partial charge in [-0.15, -0.1) is 0 Å². The average molecular weight is 285 g/mol. The lowest BCUT2D eigenvalue weighted by Crippen LogP contribution is -2.49. The fourth-order valence-electron chi connectivity index (χ4n) is 4.15. The van der Waals surface area contributed by atoms with Gasteiger partial charge in [0.2, 0.25) is 0 Å². The highest BCUT2D eigenvalue weighted by atomic mass is 16.5. The normalized spacial score (nSPS) is 34.4. The van der Waals surface area contributed by atoms with Crippen molar-refractivity contribution < 1.29 is 14.9 Å². The lowest BCUT2D eigenvalue weighted by atomic mass is 9.70. The summed E-state index contributed by atoms with van der Waals surface area (Å²) in [7, 11) is 2.07. The fourth-order valence-corrected chi connectivity index (χ4v) is 4.15. The van der Waals surface area contributed by atoms with Crippen LogP contribution in [0.5, 0.6) is 0 Å². The second-order valence-electron chi connectivity index (χ2n) is 7.37. The second-order valence-corrected chi connectivity index (χ2v) is 7.37. The summed E-state index contributed by atoms with van der Waals surface area (Å²) in [5, 5.41) is 20.5. The van der Waals surface area contributed by atoms with Crippen LogP contribution >= 0.6 is 0 Å². The van der Waals surface area contributed by atoms with Gasteiger partial charge in [-0.3, -0.25) is 0 Å². The fraction of sp³-hybridized carbons (Fsp3) is 1.00. The van der Waals surface area contributed by atoms with Gasteiger partial charge in [-0.05, 0) is 25.8 Å². The molecule has 1 aliphatic heterocycles.